The van der Waals surface area contributed by atoms with Crippen LogP contribution in [0.25, 0.3) is 11.3 Å². The number of ether oxygens (including phenoxy) is 1. The molecule has 2 heterocycles. The summed E-state index contributed by atoms with van der Waals surface area (Å²) in [6.07, 6.45) is 1.48. The van der Waals surface area contributed by atoms with Crippen LogP contribution >= 0.6 is 11.3 Å². The number of esters is 1. The maximum Gasteiger partial charge on any atom is 0.309 e. The normalized spacial score (nSPS) is 19.8. The molecule has 1 aliphatic heterocycles. The van der Waals surface area contributed by atoms with Crippen LogP contribution in [0.2, 0.25) is 0 Å². The number of benzene rings is 1. The fourth-order valence-corrected chi connectivity index (χ4v) is 4.22. The van der Waals surface area contributed by atoms with Crippen LogP contribution in [0.1, 0.15) is 32.3 Å². The first-order valence-electron chi connectivity index (χ1n) is 8.65. The Morgan fingerprint density at radius 3 is 3.04 bits per heavy atom. The predicted octanol–water partition coefficient (Wildman–Crippen LogP) is 3.56. The highest BCUT2D eigenvalue weighted by Gasteiger charge is 2.32. The van der Waals surface area contributed by atoms with Gasteiger partial charge in [0, 0.05) is 23.5 Å². The lowest BCUT2D eigenvalue weighted by Gasteiger charge is -2.36. The number of aromatic hydroxyl groups is 1. The number of nitriles is 1. The van der Waals surface area contributed by atoms with Gasteiger partial charge in [-0.3, -0.25) is 4.79 Å². The molecule has 0 spiro atoms. The van der Waals surface area contributed by atoms with Crippen molar-refractivity contribution in [1.82, 2.24) is 4.98 Å². The molecule has 2 aromatic rings. The van der Waals surface area contributed by atoms with E-state index in [1.165, 1.54) is 17.4 Å². The first kappa shape index (κ1) is 18.2. The molecule has 0 amide bonds. The van der Waals surface area contributed by atoms with Gasteiger partial charge in [-0.05, 0) is 44.9 Å². The third kappa shape index (κ3) is 3.65. The molecule has 3 rings (SSSR count). The van der Waals surface area contributed by atoms with Crippen LogP contribution in [-0.4, -0.2) is 35.3 Å². The molecule has 1 fully saturated rings. The van der Waals surface area contributed by atoms with E-state index in [1.807, 2.05) is 12.3 Å². The second-order valence-electron chi connectivity index (χ2n) is 6.37. The first-order valence-corrected chi connectivity index (χ1v) is 9.53. The lowest BCUT2D eigenvalue weighted by atomic mass is 9.92. The van der Waals surface area contributed by atoms with Gasteiger partial charge in [0.15, 0.2) is 5.13 Å². The van der Waals surface area contributed by atoms with E-state index in [0.29, 0.717) is 23.4 Å². The summed E-state index contributed by atoms with van der Waals surface area (Å²) in [5, 5.41) is 21.9. The predicted molar refractivity (Wildman–Crippen MR) is 100 cm³/mol. The van der Waals surface area contributed by atoms with Crippen molar-refractivity contribution >= 4 is 22.4 Å². The second kappa shape index (κ2) is 7.75. The largest absolute Gasteiger partial charge is 0.507 e. The van der Waals surface area contributed by atoms with Crippen molar-refractivity contribution in [2.75, 3.05) is 18.1 Å². The quantitative estimate of drug-likeness (QED) is 0.827. The molecule has 0 bridgehead atoms. The molecule has 136 valence electrons. The van der Waals surface area contributed by atoms with Crippen LogP contribution in [0.5, 0.6) is 5.75 Å². The fourth-order valence-electron chi connectivity index (χ4n) is 3.26. The molecular formula is C19H21N3O3S. The smallest absolute Gasteiger partial charge is 0.309 e. The highest BCUT2D eigenvalue weighted by atomic mass is 32.1. The summed E-state index contributed by atoms with van der Waals surface area (Å²) in [4.78, 5) is 18.8. The number of nitrogens with zero attached hydrogens (tertiary/aromatic N) is 3. The summed E-state index contributed by atoms with van der Waals surface area (Å²) in [5.41, 5.74) is 1.69. The third-order valence-electron chi connectivity index (χ3n) is 4.64. The minimum atomic E-state index is -0.114. The van der Waals surface area contributed by atoms with Gasteiger partial charge in [0.1, 0.15) is 5.75 Å². The zero-order valence-electron chi connectivity index (χ0n) is 14.8. The average molecular weight is 371 g/mol. The Hall–Kier alpha value is -2.59. The Balaban J connectivity index is 1.77. The minimum Gasteiger partial charge on any atom is -0.507 e. The molecule has 1 aromatic carbocycles. The van der Waals surface area contributed by atoms with E-state index >= 15 is 0 Å². The monoisotopic (exact) mass is 371 g/mol. The van der Waals surface area contributed by atoms with Gasteiger partial charge in [0.25, 0.3) is 0 Å². The van der Waals surface area contributed by atoms with Crippen LogP contribution in [0, 0.1) is 17.2 Å². The molecule has 0 radical (unpaired) electrons. The van der Waals surface area contributed by atoms with Gasteiger partial charge in [0.05, 0.1) is 29.9 Å². The summed E-state index contributed by atoms with van der Waals surface area (Å²) in [7, 11) is 0. The number of carbonyl (C=O) groups is 1. The van der Waals surface area contributed by atoms with Crippen molar-refractivity contribution < 1.29 is 14.6 Å². The Morgan fingerprint density at radius 1 is 1.54 bits per heavy atom. The van der Waals surface area contributed by atoms with E-state index in [0.717, 1.165) is 24.5 Å². The first-order chi connectivity index (χ1) is 12.5. The zero-order chi connectivity index (χ0) is 18.7. The molecular weight excluding hydrogens is 350 g/mol. The van der Waals surface area contributed by atoms with E-state index in [2.05, 4.69) is 22.9 Å². The van der Waals surface area contributed by atoms with E-state index in [4.69, 9.17) is 10.00 Å². The summed E-state index contributed by atoms with van der Waals surface area (Å²) in [6, 6.07) is 6.99. The van der Waals surface area contributed by atoms with Crippen LogP contribution in [-0.2, 0) is 9.53 Å². The lowest BCUT2D eigenvalue weighted by Crippen LogP contribution is -2.43. The number of piperidine rings is 1. The molecule has 1 saturated heterocycles. The van der Waals surface area contributed by atoms with Gasteiger partial charge in [-0.2, -0.15) is 5.26 Å². The molecule has 1 aliphatic rings. The molecule has 6 nitrogen and oxygen atoms in total. The van der Waals surface area contributed by atoms with Gasteiger partial charge in [-0.25, -0.2) is 4.98 Å². The summed E-state index contributed by atoms with van der Waals surface area (Å²) >= 11 is 1.50. The summed E-state index contributed by atoms with van der Waals surface area (Å²) in [6.45, 7) is 5.06. The van der Waals surface area contributed by atoms with Gasteiger partial charge >= 0.3 is 5.97 Å². The van der Waals surface area contributed by atoms with Crippen molar-refractivity contribution in [3.05, 3.63) is 29.1 Å². The Morgan fingerprint density at radius 2 is 2.35 bits per heavy atom. The molecule has 0 aliphatic carbocycles. The highest BCUT2D eigenvalue weighted by molar-refractivity contribution is 7.14. The minimum absolute atomic E-state index is 0.0583. The zero-order valence-corrected chi connectivity index (χ0v) is 15.6. The van der Waals surface area contributed by atoms with Crippen molar-refractivity contribution in [3.8, 4) is 23.1 Å². The number of anilines is 1. The van der Waals surface area contributed by atoms with E-state index in [-0.39, 0.29) is 23.7 Å². The Labute approximate surface area is 156 Å². The van der Waals surface area contributed by atoms with Crippen molar-refractivity contribution in [2.24, 2.45) is 5.92 Å². The van der Waals surface area contributed by atoms with Gasteiger partial charge < -0.3 is 14.7 Å². The van der Waals surface area contributed by atoms with Crippen LogP contribution in [0.4, 0.5) is 5.13 Å². The number of phenolic OH excluding ortho intramolecular Hbond substituents is 1. The summed E-state index contributed by atoms with van der Waals surface area (Å²) in [5.74, 6) is -0.0658. The molecule has 2 atom stereocenters. The standard InChI is InChI=1S/C19H21N3O3S/c1-3-25-18(24)14-6-7-22(12(2)8-14)19-21-16(11-26-19)15-9-13(10-20)4-5-17(15)23/h4-5,9,11-12,14,23H,3,6-8H2,1-2H3. The number of thiazole rings is 1. The second-order valence-corrected chi connectivity index (χ2v) is 7.21. The molecule has 7 heteroatoms. The van der Waals surface area contributed by atoms with Crippen molar-refractivity contribution in [2.45, 2.75) is 32.7 Å². The van der Waals surface area contributed by atoms with Crippen LogP contribution in [0.3, 0.4) is 0 Å². The molecule has 1 N–H and O–H groups in total. The third-order valence-corrected chi connectivity index (χ3v) is 5.51. The van der Waals surface area contributed by atoms with Gasteiger partial charge in [-0.15, -0.1) is 11.3 Å². The molecule has 26 heavy (non-hydrogen) atoms. The van der Waals surface area contributed by atoms with Gasteiger partial charge in [-0.1, -0.05) is 0 Å². The van der Waals surface area contributed by atoms with Gasteiger partial charge in [0.2, 0.25) is 0 Å². The molecule has 0 saturated carbocycles. The fraction of sp³-hybridized carbons (Fsp3) is 0.421. The number of hydrogen-bond donors (Lipinski definition) is 1. The van der Waals surface area contributed by atoms with Crippen LogP contribution in [0.15, 0.2) is 23.6 Å². The number of hydrogen-bond acceptors (Lipinski definition) is 7. The number of phenols is 1. The van der Waals surface area contributed by atoms with Crippen molar-refractivity contribution in [3.63, 3.8) is 0 Å². The number of aromatic nitrogens is 1. The Kier molecular flexibility index (Phi) is 5.43. The topological polar surface area (TPSA) is 86.5 Å². The summed E-state index contributed by atoms with van der Waals surface area (Å²) < 4.78 is 5.14. The maximum absolute atomic E-state index is 12.0. The molecule has 1 aromatic heterocycles. The average Bonchev–Trinajstić information content (AvgIpc) is 3.11. The Bertz CT molecular complexity index is 843. The highest BCUT2D eigenvalue weighted by Crippen LogP contribution is 2.36. The SMILES string of the molecule is CCOC(=O)C1CCN(c2nc(-c3cc(C#N)ccc3O)cs2)C(C)C1. The van der Waals surface area contributed by atoms with E-state index < -0.39 is 0 Å². The lowest BCUT2D eigenvalue weighted by molar-refractivity contribution is -0.149. The molecule has 2 unspecified atom stereocenters. The van der Waals surface area contributed by atoms with Crippen molar-refractivity contribution in [1.29, 1.82) is 5.26 Å². The van der Waals surface area contributed by atoms with E-state index in [1.54, 1.807) is 12.1 Å². The maximum atomic E-state index is 12.0. The van der Waals surface area contributed by atoms with E-state index in [9.17, 15) is 9.90 Å². The number of carbonyl (C=O) groups excluding carboxylic acids is 1. The number of rotatable bonds is 4. The van der Waals surface area contributed by atoms with Crippen LogP contribution < -0.4 is 4.90 Å².